The molecule has 2 aromatic rings. The van der Waals surface area contributed by atoms with Crippen LogP contribution in [0, 0.1) is 0 Å². The molecule has 0 atom stereocenters. The van der Waals surface area contributed by atoms with Gasteiger partial charge in [0.1, 0.15) is 0 Å². The molecule has 0 unspecified atom stereocenters. The molecule has 10 heteroatoms. The monoisotopic (exact) mass is 422 g/mol. The Morgan fingerprint density at radius 1 is 1.17 bits per heavy atom. The summed E-state index contributed by atoms with van der Waals surface area (Å²) in [6.45, 7) is -2.84. The minimum Gasteiger partial charge on any atom is -0.493 e. The maximum atomic E-state index is 12.4. The molecular weight excluding hydrogens is 406 g/mol. The number of carbonyl (C=O) groups is 3. The molecule has 1 heterocycles. The first-order chi connectivity index (χ1) is 13.9. The Morgan fingerprint density at radius 3 is 2.48 bits per heavy atom. The van der Waals surface area contributed by atoms with Crippen LogP contribution in [0.4, 0.5) is 19.3 Å². The van der Waals surface area contributed by atoms with Crippen LogP contribution >= 0.6 is 11.8 Å². The van der Waals surface area contributed by atoms with E-state index in [0.717, 1.165) is 17.3 Å². The summed E-state index contributed by atoms with van der Waals surface area (Å²) in [5.74, 6) is -0.720. The van der Waals surface area contributed by atoms with Crippen LogP contribution in [-0.2, 0) is 11.3 Å². The number of alkyl halides is 2. The van der Waals surface area contributed by atoms with Crippen molar-refractivity contribution in [1.29, 1.82) is 0 Å². The van der Waals surface area contributed by atoms with Crippen LogP contribution in [0.25, 0.3) is 0 Å². The molecule has 0 saturated carbocycles. The van der Waals surface area contributed by atoms with Gasteiger partial charge in [0.2, 0.25) is 5.91 Å². The fraction of sp³-hybridized carbons (Fsp3) is 0.211. The number of benzene rings is 2. The second-order valence-corrected chi connectivity index (χ2v) is 6.86. The zero-order valence-electron chi connectivity index (χ0n) is 15.2. The molecule has 0 aromatic heterocycles. The number of hydrogen-bond donors (Lipinski definition) is 1. The molecule has 152 valence electrons. The van der Waals surface area contributed by atoms with Crippen molar-refractivity contribution < 1.29 is 32.6 Å². The number of imide groups is 1. The van der Waals surface area contributed by atoms with Gasteiger partial charge in [-0.05, 0) is 35.9 Å². The standard InChI is InChI=1S/C19H16F2N2O5S/c1-27-15-8-12(4-7-14(15)28-18(20)21)17(25)22-13-5-2-11(3-6-13)9-23-16(24)10-29-19(23)26/h2-8,18H,9-10H2,1H3,(H,22,25). The Bertz CT molecular complexity index is 921. The van der Waals surface area contributed by atoms with Crippen LogP contribution in [0.3, 0.4) is 0 Å². The van der Waals surface area contributed by atoms with Crippen LogP contribution in [0.5, 0.6) is 11.5 Å². The normalized spacial score (nSPS) is 13.7. The average Bonchev–Trinajstić information content (AvgIpc) is 3.01. The summed E-state index contributed by atoms with van der Waals surface area (Å²) in [6, 6.07) is 10.5. The van der Waals surface area contributed by atoms with Crippen LogP contribution in [0.15, 0.2) is 42.5 Å². The number of methoxy groups -OCH3 is 1. The van der Waals surface area contributed by atoms with Crippen molar-refractivity contribution >= 4 is 34.5 Å². The summed E-state index contributed by atoms with van der Waals surface area (Å²) in [5.41, 5.74) is 1.42. The molecule has 0 spiro atoms. The molecular formula is C19H16F2N2O5S. The number of anilines is 1. The fourth-order valence-corrected chi connectivity index (χ4v) is 3.34. The van der Waals surface area contributed by atoms with E-state index in [2.05, 4.69) is 10.1 Å². The lowest BCUT2D eigenvalue weighted by Crippen LogP contribution is -2.27. The molecule has 0 radical (unpaired) electrons. The number of carbonyl (C=O) groups excluding carboxylic acids is 3. The van der Waals surface area contributed by atoms with E-state index in [1.807, 2.05) is 0 Å². The van der Waals surface area contributed by atoms with E-state index >= 15 is 0 Å². The zero-order chi connectivity index (χ0) is 21.0. The maximum Gasteiger partial charge on any atom is 0.387 e. The molecule has 0 bridgehead atoms. The topological polar surface area (TPSA) is 84.9 Å². The first-order valence-corrected chi connectivity index (χ1v) is 9.36. The molecule has 29 heavy (non-hydrogen) atoms. The van der Waals surface area contributed by atoms with Gasteiger partial charge in [0.05, 0.1) is 19.4 Å². The van der Waals surface area contributed by atoms with Gasteiger partial charge in [0, 0.05) is 11.3 Å². The number of rotatable bonds is 7. The smallest absolute Gasteiger partial charge is 0.387 e. The van der Waals surface area contributed by atoms with Gasteiger partial charge >= 0.3 is 6.61 Å². The van der Waals surface area contributed by atoms with Crippen molar-refractivity contribution in [3.8, 4) is 11.5 Å². The summed E-state index contributed by atoms with van der Waals surface area (Å²) in [7, 11) is 1.28. The van der Waals surface area contributed by atoms with Gasteiger partial charge in [-0.1, -0.05) is 23.9 Å². The first kappa shape index (κ1) is 20.6. The van der Waals surface area contributed by atoms with E-state index in [9.17, 15) is 23.2 Å². The Morgan fingerprint density at radius 2 is 1.90 bits per heavy atom. The molecule has 1 aliphatic heterocycles. The van der Waals surface area contributed by atoms with Crippen molar-refractivity contribution in [1.82, 2.24) is 4.90 Å². The first-order valence-electron chi connectivity index (χ1n) is 8.37. The summed E-state index contributed by atoms with van der Waals surface area (Å²) in [6.07, 6.45) is 0. The van der Waals surface area contributed by atoms with Gasteiger partial charge in [-0.2, -0.15) is 8.78 Å². The molecule has 1 aliphatic rings. The fourth-order valence-electron chi connectivity index (χ4n) is 2.62. The van der Waals surface area contributed by atoms with Gasteiger partial charge < -0.3 is 14.8 Å². The van der Waals surface area contributed by atoms with Crippen LogP contribution in [-0.4, -0.2) is 41.4 Å². The number of amides is 3. The zero-order valence-corrected chi connectivity index (χ0v) is 16.0. The van der Waals surface area contributed by atoms with E-state index in [-0.39, 0.29) is 40.5 Å². The minimum absolute atomic E-state index is 0.00566. The van der Waals surface area contributed by atoms with Gasteiger partial charge in [-0.15, -0.1) is 0 Å². The van der Waals surface area contributed by atoms with Crippen LogP contribution < -0.4 is 14.8 Å². The highest BCUT2D eigenvalue weighted by atomic mass is 32.2. The quantitative estimate of drug-likeness (QED) is 0.732. The third-order valence-corrected chi connectivity index (χ3v) is 4.89. The van der Waals surface area contributed by atoms with Crippen molar-refractivity contribution in [2.24, 2.45) is 0 Å². The van der Waals surface area contributed by atoms with Gasteiger partial charge in [-0.25, -0.2) is 0 Å². The van der Waals surface area contributed by atoms with E-state index in [0.29, 0.717) is 5.69 Å². The number of hydrogen-bond acceptors (Lipinski definition) is 6. The van der Waals surface area contributed by atoms with Crippen LogP contribution in [0.2, 0.25) is 0 Å². The van der Waals surface area contributed by atoms with Crippen LogP contribution in [0.1, 0.15) is 15.9 Å². The molecule has 2 aromatic carbocycles. The van der Waals surface area contributed by atoms with Gasteiger partial charge in [0.25, 0.3) is 11.1 Å². The Kier molecular flexibility index (Phi) is 6.32. The molecule has 1 N–H and O–H groups in total. The molecule has 1 saturated heterocycles. The Hall–Kier alpha value is -3.14. The van der Waals surface area contributed by atoms with E-state index < -0.39 is 12.5 Å². The number of nitrogens with one attached hydrogen (secondary N) is 1. The second-order valence-electron chi connectivity index (χ2n) is 5.93. The van der Waals surface area contributed by atoms with E-state index in [4.69, 9.17) is 4.74 Å². The molecule has 3 amide bonds. The average molecular weight is 422 g/mol. The minimum atomic E-state index is -3.01. The number of nitrogens with zero attached hydrogens (tertiary/aromatic N) is 1. The summed E-state index contributed by atoms with van der Waals surface area (Å²) in [5, 5.41) is 2.40. The highest BCUT2D eigenvalue weighted by molar-refractivity contribution is 8.14. The van der Waals surface area contributed by atoms with E-state index in [1.165, 1.54) is 30.2 Å². The highest BCUT2D eigenvalue weighted by Crippen LogP contribution is 2.30. The number of halogens is 2. The highest BCUT2D eigenvalue weighted by Gasteiger charge is 2.29. The molecule has 0 aliphatic carbocycles. The van der Waals surface area contributed by atoms with E-state index in [1.54, 1.807) is 24.3 Å². The summed E-state index contributed by atoms with van der Waals surface area (Å²) < 4.78 is 34.1. The Balaban J connectivity index is 1.66. The largest absolute Gasteiger partial charge is 0.493 e. The third kappa shape index (κ3) is 5.02. The number of ether oxygens (including phenoxy) is 2. The third-order valence-electron chi connectivity index (χ3n) is 4.03. The van der Waals surface area contributed by atoms with Crippen molar-refractivity contribution in [2.75, 3.05) is 18.2 Å². The second kappa shape index (κ2) is 8.91. The lowest BCUT2D eigenvalue weighted by Gasteiger charge is -2.13. The van der Waals surface area contributed by atoms with Crippen molar-refractivity contribution in [3.05, 3.63) is 53.6 Å². The van der Waals surface area contributed by atoms with Crippen molar-refractivity contribution in [3.63, 3.8) is 0 Å². The summed E-state index contributed by atoms with van der Waals surface area (Å²) in [4.78, 5) is 36.9. The predicted molar refractivity (Wildman–Crippen MR) is 102 cm³/mol. The summed E-state index contributed by atoms with van der Waals surface area (Å²) >= 11 is 0.969. The number of thioether (sulfide) groups is 1. The molecule has 3 rings (SSSR count). The Labute approximate surface area is 169 Å². The lowest BCUT2D eigenvalue weighted by molar-refractivity contribution is -0.125. The van der Waals surface area contributed by atoms with Gasteiger partial charge in [-0.3, -0.25) is 19.3 Å². The lowest BCUT2D eigenvalue weighted by atomic mass is 10.1. The molecule has 7 nitrogen and oxygen atoms in total. The van der Waals surface area contributed by atoms with Crippen molar-refractivity contribution in [2.45, 2.75) is 13.2 Å². The maximum absolute atomic E-state index is 12.4. The van der Waals surface area contributed by atoms with Gasteiger partial charge in [0.15, 0.2) is 11.5 Å². The molecule has 1 fully saturated rings. The predicted octanol–water partition coefficient (Wildman–Crippen LogP) is 3.74. The SMILES string of the molecule is COc1cc(C(=O)Nc2ccc(CN3C(=O)CSC3=O)cc2)ccc1OC(F)F.